The van der Waals surface area contributed by atoms with Crippen molar-refractivity contribution in [2.24, 2.45) is 5.92 Å². The van der Waals surface area contributed by atoms with Crippen molar-refractivity contribution in [2.45, 2.75) is 48.3 Å². The van der Waals surface area contributed by atoms with Crippen LogP contribution in [0.1, 0.15) is 36.2 Å². The number of rotatable bonds is 6. The Morgan fingerprint density at radius 3 is 2.26 bits per heavy atom. The zero-order valence-corrected chi connectivity index (χ0v) is 20.0. The van der Waals surface area contributed by atoms with Crippen LogP contribution in [0.3, 0.4) is 0 Å². The Morgan fingerprint density at radius 1 is 1.00 bits per heavy atom. The summed E-state index contributed by atoms with van der Waals surface area (Å²) in [7, 11) is -4.02. The van der Waals surface area contributed by atoms with Gasteiger partial charge in [0.1, 0.15) is 11.5 Å². The Hall–Kier alpha value is -3.49. The predicted molar refractivity (Wildman–Crippen MR) is 118 cm³/mol. The lowest BCUT2D eigenvalue weighted by Gasteiger charge is -2.20. The van der Waals surface area contributed by atoms with E-state index in [4.69, 9.17) is 0 Å². The van der Waals surface area contributed by atoms with Gasteiger partial charge in [0.2, 0.25) is 5.91 Å². The number of sulfone groups is 1. The van der Waals surface area contributed by atoms with Crippen molar-refractivity contribution in [1.29, 1.82) is 0 Å². The summed E-state index contributed by atoms with van der Waals surface area (Å²) in [6, 6.07) is 5.59. The third-order valence-electron chi connectivity index (χ3n) is 6.14. The van der Waals surface area contributed by atoms with Crippen LogP contribution in [0.15, 0.2) is 53.7 Å². The van der Waals surface area contributed by atoms with E-state index in [-0.39, 0.29) is 23.4 Å². The van der Waals surface area contributed by atoms with Gasteiger partial charge < -0.3 is 5.32 Å². The zero-order chi connectivity index (χ0) is 27.9. The molecule has 1 amide bonds. The minimum atomic E-state index is -4.95. The minimum Gasteiger partial charge on any atom is -0.352 e. The van der Waals surface area contributed by atoms with Crippen molar-refractivity contribution >= 4 is 15.7 Å². The monoisotopic (exact) mass is 564 g/mol. The summed E-state index contributed by atoms with van der Waals surface area (Å²) in [6.45, 7) is -0.665. The molecule has 0 saturated heterocycles. The van der Waals surface area contributed by atoms with Gasteiger partial charge in [0.05, 0.1) is 27.9 Å². The van der Waals surface area contributed by atoms with Gasteiger partial charge in [-0.25, -0.2) is 22.5 Å². The Kier molecular flexibility index (Phi) is 7.25. The molecule has 1 aliphatic carbocycles. The summed E-state index contributed by atoms with van der Waals surface area (Å²) in [5.41, 5.74) is -3.28. The first kappa shape index (κ1) is 27.5. The van der Waals surface area contributed by atoms with Gasteiger partial charge in [-0.05, 0) is 49.2 Å². The molecule has 204 valence electrons. The number of hydrogen-bond acceptors (Lipinski definition) is 5. The van der Waals surface area contributed by atoms with Crippen LogP contribution in [-0.2, 0) is 33.5 Å². The number of nitrogens with zero attached hydrogens (tertiary/aromatic N) is 3. The highest BCUT2D eigenvalue weighted by Crippen LogP contribution is 2.36. The molecule has 0 spiro atoms. The lowest BCUT2D eigenvalue weighted by atomic mass is 10.1. The normalized spacial score (nSPS) is 18.5. The number of benzene rings is 1. The first-order valence-corrected chi connectivity index (χ1v) is 12.7. The van der Waals surface area contributed by atoms with Crippen LogP contribution in [0.25, 0.3) is 5.69 Å². The summed E-state index contributed by atoms with van der Waals surface area (Å²) in [4.78, 5) is 15.9. The Labute approximate surface area is 211 Å². The average Bonchev–Trinajstić information content (AvgIpc) is 3.50. The third kappa shape index (κ3) is 5.66. The molecule has 0 aliphatic heterocycles. The van der Waals surface area contributed by atoms with Gasteiger partial charge in [0.15, 0.2) is 15.5 Å². The summed E-state index contributed by atoms with van der Waals surface area (Å²) in [6.07, 6.45) is -7.37. The van der Waals surface area contributed by atoms with Crippen molar-refractivity contribution in [3.05, 3.63) is 71.6 Å². The molecular formula is C23H19F7N4O3S. The number of aromatic nitrogens is 3. The van der Waals surface area contributed by atoms with Crippen molar-refractivity contribution in [1.82, 2.24) is 20.1 Å². The summed E-state index contributed by atoms with van der Waals surface area (Å²) < 4.78 is 119. The summed E-state index contributed by atoms with van der Waals surface area (Å²) in [5, 5.41) is 4.60. The van der Waals surface area contributed by atoms with Crippen LogP contribution in [0.5, 0.6) is 0 Å². The molecule has 15 heteroatoms. The smallest absolute Gasteiger partial charge is 0.352 e. The van der Waals surface area contributed by atoms with Crippen molar-refractivity contribution in [2.75, 3.05) is 0 Å². The fourth-order valence-electron chi connectivity index (χ4n) is 4.31. The Bertz CT molecular complexity index is 1420. The molecule has 7 nitrogen and oxygen atoms in total. The number of pyridine rings is 1. The predicted octanol–water partition coefficient (Wildman–Crippen LogP) is 4.70. The molecular weight excluding hydrogens is 545 g/mol. The highest BCUT2D eigenvalue weighted by Gasteiger charge is 2.43. The second-order valence-corrected chi connectivity index (χ2v) is 10.8. The van der Waals surface area contributed by atoms with Crippen LogP contribution < -0.4 is 5.32 Å². The Morgan fingerprint density at radius 2 is 1.68 bits per heavy atom. The fraction of sp³-hybridized carbons (Fsp3) is 0.348. The third-order valence-corrected chi connectivity index (χ3v) is 8.44. The minimum absolute atomic E-state index is 0.143. The second kappa shape index (κ2) is 10.0. The molecule has 1 fully saturated rings. The van der Waals surface area contributed by atoms with Gasteiger partial charge in [-0.1, -0.05) is 6.42 Å². The summed E-state index contributed by atoms with van der Waals surface area (Å²) >= 11 is 0. The fourth-order valence-corrected chi connectivity index (χ4v) is 6.34. The van der Waals surface area contributed by atoms with E-state index in [1.165, 1.54) is 0 Å². The van der Waals surface area contributed by atoms with Crippen molar-refractivity contribution < 1.29 is 43.9 Å². The molecule has 3 aromatic rings. The molecule has 1 unspecified atom stereocenters. The van der Waals surface area contributed by atoms with E-state index in [2.05, 4.69) is 15.4 Å². The van der Waals surface area contributed by atoms with Gasteiger partial charge in [-0.15, -0.1) is 0 Å². The topological polar surface area (TPSA) is 93.9 Å². The van der Waals surface area contributed by atoms with Gasteiger partial charge in [-0.3, -0.25) is 4.79 Å². The van der Waals surface area contributed by atoms with Gasteiger partial charge in [0, 0.05) is 18.3 Å². The maximum Gasteiger partial charge on any atom is 0.435 e. The van der Waals surface area contributed by atoms with Crippen LogP contribution in [0.2, 0.25) is 0 Å². The number of alkyl halides is 6. The molecule has 1 aromatic carbocycles. The van der Waals surface area contributed by atoms with Crippen LogP contribution in [0.4, 0.5) is 30.7 Å². The van der Waals surface area contributed by atoms with E-state index in [0.717, 1.165) is 36.5 Å². The number of amides is 1. The van der Waals surface area contributed by atoms with E-state index in [9.17, 15) is 43.9 Å². The lowest BCUT2D eigenvalue weighted by molar-refractivity contribution is -0.142. The van der Waals surface area contributed by atoms with E-state index < -0.39 is 68.6 Å². The highest BCUT2D eigenvalue weighted by molar-refractivity contribution is 7.92. The van der Waals surface area contributed by atoms with E-state index in [1.54, 1.807) is 0 Å². The number of nitrogens with one attached hydrogen (secondary N) is 1. The summed E-state index contributed by atoms with van der Waals surface area (Å²) in [5.74, 6) is -2.47. The first-order chi connectivity index (χ1) is 17.7. The van der Waals surface area contributed by atoms with E-state index in [1.807, 2.05) is 0 Å². The largest absolute Gasteiger partial charge is 0.435 e. The molecule has 1 N–H and O–H groups in total. The van der Waals surface area contributed by atoms with Gasteiger partial charge in [-0.2, -0.15) is 31.4 Å². The highest BCUT2D eigenvalue weighted by atomic mass is 32.2. The maximum absolute atomic E-state index is 13.6. The quantitative estimate of drug-likeness (QED) is 0.346. The van der Waals surface area contributed by atoms with E-state index in [0.29, 0.717) is 23.4 Å². The average molecular weight is 564 g/mol. The molecule has 1 saturated carbocycles. The van der Waals surface area contributed by atoms with Gasteiger partial charge >= 0.3 is 12.4 Å². The zero-order valence-electron chi connectivity index (χ0n) is 19.2. The lowest BCUT2D eigenvalue weighted by Crippen LogP contribution is -2.38. The molecule has 2 heterocycles. The number of hydrogen-bond donors (Lipinski definition) is 1. The SMILES string of the molecule is O=C(NCc1cn(-c2ccc(C(F)(F)F)nc2)nc1C(F)(F)F)[C@@H]1CCCC1S(=O)(=O)c1ccc(F)cc1. The maximum atomic E-state index is 13.6. The molecule has 0 radical (unpaired) electrons. The molecule has 4 rings (SSSR count). The van der Waals surface area contributed by atoms with Crippen LogP contribution in [0, 0.1) is 11.7 Å². The Balaban J connectivity index is 1.53. The standard InChI is InChI=1S/C23H19F7N4O3S/c24-14-4-7-16(8-5-14)38(36,37)18-3-1-2-17(18)21(35)32-10-13-12-34(33-20(13)23(28,29)30)15-6-9-19(31-11-15)22(25,26)27/h4-9,11-12,17-18H,1-3,10H2,(H,32,35)/t17-,18?/m1/s1. The van der Waals surface area contributed by atoms with Crippen molar-refractivity contribution in [3.8, 4) is 5.69 Å². The number of carbonyl (C=O) groups excluding carboxylic acids is 1. The molecule has 1 aliphatic rings. The van der Waals surface area contributed by atoms with Crippen molar-refractivity contribution in [3.63, 3.8) is 0 Å². The number of halogens is 7. The van der Waals surface area contributed by atoms with Gasteiger partial charge in [0.25, 0.3) is 0 Å². The van der Waals surface area contributed by atoms with E-state index >= 15 is 0 Å². The molecule has 38 heavy (non-hydrogen) atoms. The first-order valence-electron chi connectivity index (χ1n) is 11.1. The second-order valence-electron chi connectivity index (χ2n) is 8.64. The van der Waals surface area contributed by atoms with Crippen LogP contribution in [-0.4, -0.2) is 34.3 Å². The molecule has 2 aromatic heterocycles. The van der Waals surface area contributed by atoms with Crippen LogP contribution >= 0.6 is 0 Å². The molecule has 2 atom stereocenters. The number of carbonyl (C=O) groups is 1. The molecule has 0 bridgehead atoms.